The highest BCUT2D eigenvalue weighted by molar-refractivity contribution is 7.15. The fourth-order valence-corrected chi connectivity index (χ4v) is 3.86. The number of pyridine rings is 1. The Bertz CT molecular complexity index is 660. The molecule has 3 heterocycles. The van der Waals surface area contributed by atoms with Gasteiger partial charge in [-0.05, 0) is 37.4 Å². The number of aryl methyl sites for hydroxylation is 1. The zero-order chi connectivity index (χ0) is 16.8. The molecule has 0 aliphatic carbocycles. The van der Waals surface area contributed by atoms with Gasteiger partial charge in [0.1, 0.15) is 5.01 Å². The van der Waals surface area contributed by atoms with Crippen LogP contribution in [0.3, 0.4) is 0 Å². The van der Waals surface area contributed by atoms with E-state index in [-0.39, 0.29) is 11.9 Å². The standard InChI is InChI=1S/C17H23N5OS/c1-2-6-15-20-21-17(24-15)19-16(23)14-8-3-4-10-22(14)12-13-7-5-9-18-11-13/h5,7,9,11,14H,2-4,6,8,10,12H2,1H3,(H,19,21,23)/t14-/m1/s1. The van der Waals surface area contributed by atoms with Crippen LogP contribution in [-0.2, 0) is 17.8 Å². The lowest BCUT2D eigenvalue weighted by Crippen LogP contribution is -2.46. The van der Waals surface area contributed by atoms with Gasteiger partial charge in [0.2, 0.25) is 11.0 Å². The number of likely N-dealkylation sites (tertiary alicyclic amines) is 1. The molecule has 128 valence electrons. The third-order valence-electron chi connectivity index (χ3n) is 4.19. The number of carbonyl (C=O) groups excluding carboxylic acids is 1. The Morgan fingerprint density at radius 1 is 1.42 bits per heavy atom. The van der Waals surface area contributed by atoms with Crippen molar-refractivity contribution in [3.05, 3.63) is 35.1 Å². The van der Waals surface area contributed by atoms with Gasteiger partial charge in [-0.25, -0.2) is 0 Å². The summed E-state index contributed by atoms with van der Waals surface area (Å²) in [6, 6.07) is 3.88. The van der Waals surface area contributed by atoms with Gasteiger partial charge in [-0.2, -0.15) is 0 Å². The summed E-state index contributed by atoms with van der Waals surface area (Å²) < 4.78 is 0. The molecule has 1 saturated heterocycles. The van der Waals surface area contributed by atoms with Gasteiger partial charge in [0.25, 0.3) is 0 Å². The van der Waals surface area contributed by atoms with Gasteiger partial charge < -0.3 is 0 Å². The molecule has 7 heteroatoms. The lowest BCUT2D eigenvalue weighted by Gasteiger charge is -2.34. The molecule has 0 aromatic carbocycles. The zero-order valence-corrected chi connectivity index (χ0v) is 14.8. The van der Waals surface area contributed by atoms with E-state index in [1.807, 2.05) is 12.3 Å². The fraction of sp³-hybridized carbons (Fsp3) is 0.529. The smallest absolute Gasteiger partial charge is 0.243 e. The van der Waals surface area contributed by atoms with Crippen LogP contribution in [0.15, 0.2) is 24.5 Å². The van der Waals surface area contributed by atoms with E-state index in [4.69, 9.17) is 0 Å². The van der Waals surface area contributed by atoms with Crippen molar-refractivity contribution in [3.63, 3.8) is 0 Å². The van der Waals surface area contributed by atoms with Gasteiger partial charge >= 0.3 is 0 Å². The highest BCUT2D eigenvalue weighted by atomic mass is 32.1. The number of aromatic nitrogens is 3. The normalized spacial score (nSPS) is 18.5. The van der Waals surface area contributed by atoms with Crippen LogP contribution in [0.1, 0.15) is 43.2 Å². The first-order valence-corrected chi connectivity index (χ1v) is 9.34. The predicted molar refractivity (Wildman–Crippen MR) is 94.8 cm³/mol. The number of rotatable bonds is 6. The van der Waals surface area contributed by atoms with E-state index in [0.717, 1.165) is 55.8 Å². The molecule has 1 aliphatic heterocycles. The van der Waals surface area contributed by atoms with Gasteiger partial charge in [0, 0.05) is 25.4 Å². The molecule has 3 rings (SSSR count). The molecule has 6 nitrogen and oxygen atoms in total. The Kier molecular flexibility index (Phi) is 5.87. The van der Waals surface area contributed by atoms with E-state index in [9.17, 15) is 4.79 Å². The summed E-state index contributed by atoms with van der Waals surface area (Å²) >= 11 is 1.47. The van der Waals surface area contributed by atoms with E-state index in [1.54, 1.807) is 6.20 Å². The maximum Gasteiger partial charge on any atom is 0.243 e. The molecule has 1 N–H and O–H groups in total. The van der Waals surface area contributed by atoms with E-state index >= 15 is 0 Å². The van der Waals surface area contributed by atoms with Gasteiger partial charge in [-0.1, -0.05) is 30.7 Å². The van der Waals surface area contributed by atoms with Crippen molar-refractivity contribution in [2.75, 3.05) is 11.9 Å². The van der Waals surface area contributed by atoms with E-state index in [0.29, 0.717) is 5.13 Å². The second-order valence-electron chi connectivity index (χ2n) is 6.08. The van der Waals surface area contributed by atoms with Gasteiger partial charge in [0.05, 0.1) is 6.04 Å². The Balaban J connectivity index is 1.64. The minimum Gasteiger partial charge on any atom is -0.299 e. The molecule has 1 fully saturated rings. The average Bonchev–Trinajstić information content (AvgIpc) is 3.03. The highest BCUT2D eigenvalue weighted by Gasteiger charge is 2.29. The van der Waals surface area contributed by atoms with Crippen LogP contribution < -0.4 is 5.32 Å². The summed E-state index contributed by atoms with van der Waals surface area (Å²) in [4.78, 5) is 19.1. The van der Waals surface area contributed by atoms with Crippen LogP contribution >= 0.6 is 11.3 Å². The number of nitrogens with one attached hydrogen (secondary N) is 1. The lowest BCUT2D eigenvalue weighted by molar-refractivity contribution is -0.122. The van der Waals surface area contributed by atoms with Crippen LogP contribution in [0, 0.1) is 0 Å². The third kappa shape index (κ3) is 4.36. The minimum atomic E-state index is -0.113. The van der Waals surface area contributed by atoms with Crippen LogP contribution in [0.5, 0.6) is 0 Å². The SMILES string of the molecule is CCCc1nnc(NC(=O)[C@H]2CCCCN2Cc2cccnc2)s1. The zero-order valence-electron chi connectivity index (χ0n) is 13.9. The molecule has 1 amide bonds. The van der Waals surface area contributed by atoms with Crippen molar-refractivity contribution in [1.82, 2.24) is 20.1 Å². The molecule has 0 spiro atoms. The van der Waals surface area contributed by atoms with Crippen molar-refractivity contribution in [3.8, 4) is 0 Å². The van der Waals surface area contributed by atoms with E-state index in [1.165, 1.54) is 11.3 Å². The number of nitrogens with zero attached hydrogens (tertiary/aromatic N) is 4. The summed E-state index contributed by atoms with van der Waals surface area (Å²) in [5.74, 6) is 0.0257. The second-order valence-corrected chi connectivity index (χ2v) is 7.15. The van der Waals surface area contributed by atoms with Gasteiger partial charge in [-0.15, -0.1) is 10.2 Å². The molecule has 24 heavy (non-hydrogen) atoms. The summed E-state index contributed by atoms with van der Waals surface area (Å²) in [5, 5.41) is 12.7. The van der Waals surface area contributed by atoms with Crippen LogP contribution in [0.2, 0.25) is 0 Å². The average molecular weight is 345 g/mol. The van der Waals surface area contributed by atoms with Crippen molar-refractivity contribution in [1.29, 1.82) is 0 Å². The van der Waals surface area contributed by atoms with E-state index < -0.39 is 0 Å². The molecule has 2 aromatic heterocycles. The Morgan fingerprint density at radius 3 is 3.12 bits per heavy atom. The van der Waals surface area contributed by atoms with Gasteiger partial charge in [0.15, 0.2) is 0 Å². The Labute approximate surface area is 146 Å². The molecule has 0 radical (unpaired) electrons. The maximum atomic E-state index is 12.7. The maximum absolute atomic E-state index is 12.7. The first kappa shape index (κ1) is 17.0. The molecular formula is C17H23N5OS. The number of piperidine rings is 1. The predicted octanol–water partition coefficient (Wildman–Crippen LogP) is 2.88. The number of hydrogen-bond donors (Lipinski definition) is 1. The fourth-order valence-electron chi connectivity index (χ4n) is 3.01. The van der Waals surface area contributed by atoms with Crippen LogP contribution in [0.25, 0.3) is 0 Å². The minimum absolute atomic E-state index is 0.0257. The molecule has 1 atom stereocenters. The summed E-state index contributed by atoms with van der Waals surface area (Å²) in [6.45, 7) is 3.80. The number of carbonyl (C=O) groups is 1. The Morgan fingerprint density at radius 2 is 2.33 bits per heavy atom. The quantitative estimate of drug-likeness (QED) is 0.872. The topological polar surface area (TPSA) is 71.0 Å². The van der Waals surface area contributed by atoms with Crippen LogP contribution in [-0.4, -0.2) is 38.6 Å². The lowest BCUT2D eigenvalue weighted by atomic mass is 10.0. The van der Waals surface area contributed by atoms with Crippen molar-refractivity contribution in [2.24, 2.45) is 0 Å². The molecule has 0 saturated carbocycles. The van der Waals surface area contributed by atoms with Crippen molar-refractivity contribution in [2.45, 2.75) is 51.6 Å². The molecule has 0 unspecified atom stereocenters. The first-order chi connectivity index (χ1) is 11.8. The summed E-state index contributed by atoms with van der Waals surface area (Å²) in [5.41, 5.74) is 1.14. The van der Waals surface area contributed by atoms with Crippen molar-refractivity contribution < 1.29 is 4.79 Å². The largest absolute Gasteiger partial charge is 0.299 e. The molecule has 1 aliphatic rings. The van der Waals surface area contributed by atoms with Crippen LogP contribution in [0.4, 0.5) is 5.13 Å². The Hall–Kier alpha value is -1.86. The summed E-state index contributed by atoms with van der Waals surface area (Å²) in [7, 11) is 0. The summed E-state index contributed by atoms with van der Waals surface area (Å²) in [6.07, 6.45) is 8.67. The van der Waals surface area contributed by atoms with Gasteiger partial charge in [-0.3, -0.25) is 20.0 Å². The monoisotopic (exact) mass is 345 g/mol. The third-order valence-corrected chi connectivity index (χ3v) is 5.08. The second kappa shape index (κ2) is 8.30. The number of hydrogen-bond acceptors (Lipinski definition) is 6. The number of amides is 1. The first-order valence-electron chi connectivity index (χ1n) is 8.52. The number of anilines is 1. The van der Waals surface area contributed by atoms with Crippen molar-refractivity contribution >= 4 is 22.4 Å². The molecule has 2 aromatic rings. The highest BCUT2D eigenvalue weighted by Crippen LogP contribution is 2.22. The molecular weight excluding hydrogens is 322 g/mol. The van der Waals surface area contributed by atoms with E-state index in [2.05, 4.69) is 38.4 Å². The molecule has 0 bridgehead atoms.